The summed E-state index contributed by atoms with van der Waals surface area (Å²) in [7, 11) is -4.05. The molecule has 0 radical (unpaired) electrons. The lowest BCUT2D eigenvalue weighted by molar-refractivity contribution is 0.0863. The van der Waals surface area contributed by atoms with Crippen LogP contribution in [0.4, 0.5) is 5.69 Å². The van der Waals surface area contributed by atoms with Crippen molar-refractivity contribution in [3.63, 3.8) is 0 Å². The molecule has 3 aromatic rings. The van der Waals surface area contributed by atoms with Gasteiger partial charge in [-0.3, -0.25) is 4.79 Å². The molecule has 29 heavy (non-hydrogen) atoms. The molecule has 7 heteroatoms. The first-order chi connectivity index (χ1) is 13.9. The molecule has 148 valence electrons. The molecule has 0 aromatic heterocycles. The summed E-state index contributed by atoms with van der Waals surface area (Å²) >= 11 is 6.10. The number of sulfonamides is 1. The van der Waals surface area contributed by atoms with Crippen molar-refractivity contribution in [2.24, 2.45) is 0 Å². The molecule has 4 rings (SSSR count). The van der Waals surface area contributed by atoms with Crippen LogP contribution >= 0.6 is 11.6 Å². The van der Waals surface area contributed by atoms with Crippen LogP contribution in [0.3, 0.4) is 0 Å². The lowest BCUT2D eigenvalue weighted by atomic mass is 10.1. The van der Waals surface area contributed by atoms with Crippen molar-refractivity contribution >= 4 is 33.2 Å². The summed E-state index contributed by atoms with van der Waals surface area (Å²) in [6, 6.07) is 20.4. The SMILES string of the molecule is Cc1ccc(S(=O)(=O)N2CC(c3ccccc3)Nc3ccc(Cl)cc3C2=O)cc1. The summed E-state index contributed by atoms with van der Waals surface area (Å²) in [5.74, 6) is -0.603. The molecule has 0 aliphatic carbocycles. The van der Waals surface area contributed by atoms with Gasteiger partial charge in [0, 0.05) is 10.7 Å². The number of rotatable bonds is 3. The Morgan fingerprint density at radius 1 is 1.00 bits per heavy atom. The molecule has 1 N–H and O–H groups in total. The van der Waals surface area contributed by atoms with Crippen molar-refractivity contribution in [3.8, 4) is 0 Å². The average molecular weight is 427 g/mol. The molecule has 1 heterocycles. The number of halogens is 1. The fourth-order valence-corrected chi connectivity index (χ4v) is 4.92. The minimum Gasteiger partial charge on any atom is -0.376 e. The lowest BCUT2D eigenvalue weighted by Gasteiger charge is -2.25. The van der Waals surface area contributed by atoms with Crippen LogP contribution in [0.15, 0.2) is 77.7 Å². The number of hydrogen-bond acceptors (Lipinski definition) is 4. The highest BCUT2D eigenvalue weighted by Gasteiger charge is 2.36. The highest BCUT2D eigenvalue weighted by Crippen LogP contribution is 2.33. The number of carbonyl (C=O) groups is 1. The van der Waals surface area contributed by atoms with Gasteiger partial charge in [-0.05, 0) is 42.8 Å². The molecule has 1 unspecified atom stereocenters. The first-order valence-corrected chi connectivity index (χ1v) is 10.9. The number of hydrogen-bond donors (Lipinski definition) is 1. The quantitative estimate of drug-likeness (QED) is 0.662. The second kappa shape index (κ2) is 7.54. The van der Waals surface area contributed by atoms with Crippen LogP contribution in [0.1, 0.15) is 27.5 Å². The van der Waals surface area contributed by atoms with Gasteiger partial charge in [-0.2, -0.15) is 0 Å². The van der Waals surface area contributed by atoms with Crippen molar-refractivity contribution in [3.05, 3.63) is 94.5 Å². The Balaban J connectivity index is 1.85. The molecule has 0 spiro atoms. The Bertz CT molecular complexity index is 1160. The average Bonchev–Trinajstić information content (AvgIpc) is 2.86. The molecule has 1 aliphatic heterocycles. The maximum atomic E-state index is 13.4. The second-order valence-electron chi connectivity index (χ2n) is 6.95. The van der Waals surface area contributed by atoms with E-state index in [4.69, 9.17) is 11.6 Å². The monoisotopic (exact) mass is 426 g/mol. The number of nitrogens with one attached hydrogen (secondary N) is 1. The Labute approximate surface area is 175 Å². The summed E-state index contributed by atoms with van der Waals surface area (Å²) < 4.78 is 27.7. The number of anilines is 1. The van der Waals surface area contributed by atoms with Gasteiger partial charge in [-0.1, -0.05) is 59.6 Å². The van der Waals surface area contributed by atoms with E-state index in [-0.39, 0.29) is 17.0 Å². The van der Waals surface area contributed by atoms with Crippen molar-refractivity contribution < 1.29 is 13.2 Å². The van der Waals surface area contributed by atoms with E-state index in [0.717, 1.165) is 15.4 Å². The maximum absolute atomic E-state index is 13.4. The smallest absolute Gasteiger partial charge is 0.269 e. The molecule has 3 aromatic carbocycles. The predicted molar refractivity (Wildman–Crippen MR) is 114 cm³/mol. The van der Waals surface area contributed by atoms with Gasteiger partial charge in [0.05, 0.1) is 23.0 Å². The Morgan fingerprint density at radius 2 is 1.69 bits per heavy atom. The van der Waals surface area contributed by atoms with Crippen molar-refractivity contribution in [1.29, 1.82) is 0 Å². The molecule has 0 bridgehead atoms. The standard InChI is InChI=1S/C22H19ClN2O3S/c1-15-7-10-18(11-8-15)29(27,28)25-14-21(16-5-3-2-4-6-16)24-20-12-9-17(23)13-19(20)22(25)26/h2-13,21,24H,14H2,1H3. The van der Waals surface area contributed by atoms with Gasteiger partial charge in [0.2, 0.25) is 0 Å². The minimum absolute atomic E-state index is 0.0364. The first kappa shape index (κ1) is 19.5. The van der Waals surface area contributed by atoms with Crippen LogP contribution in [0, 0.1) is 6.92 Å². The Hall–Kier alpha value is -2.83. The van der Waals surface area contributed by atoms with Crippen LogP contribution in [0.2, 0.25) is 5.02 Å². The van der Waals surface area contributed by atoms with Gasteiger partial charge >= 0.3 is 0 Å². The number of nitrogens with zero attached hydrogens (tertiary/aromatic N) is 1. The van der Waals surface area contributed by atoms with Crippen LogP contribution in [-0.2, 0) is 10.0 Å². The number of aryl methyl sites for hydroxylation is 1. The second-order valence-corrected chi connectivity index (χ2v) is 9.25. The maximum Gasteiger partial charge on any atom is 0.269 e. The van der Waals surface area contributed by atoms with E-state index in [1.54, 1.807) is 24.3 Å². The van der Waals surface area contributed by atoms with E-state index in [2.05, 4.69) is 5.32 Å². The van der Waals surface area contributed by atoms with Gasteiger partial charge in [0.25, 0.3) is 15.9 Å². The Morgan fingerprint density at radius 3 is 2.38 bits per heavy atom. The molecule has 0 saturated carbocycles. The molecule has 1 atom stereocenters. The fraction of sp³-hybridized carbons (Fsp3) is 0.136. The normalized spacial score (nSPS) is 16.7. The van der Waals surface area contributed by atoms with Gasteiger partial charge in [0.1, 0.15) is 0 Å². The zero-order valence-corrected chi connectivity index (χ0v) is 17.2. The molecule has 1 aliphatic rings. The number of carbonyl (C=O) groups excluding carboxylic acids is 1. The van der Waals surface area contributed by atoms with Crippen molar-refractivity contribution in [1.82, 2.24) is 4.31 Å². The molecule has 1 amide bonds. The van der Waals surface area contributed by atoms with Crippen LogP contribution in [0.25, 0.3) is 0 Å². The van der Waals surface area contributed by atoms with Gasteiger partial charge in [-0.15, -0.1) is 0 Å². The summed E-state index contributed by atoms with van der Waals surface area (Å²) in [5.41, 5.74) is 2.60. The zero-order chi connectivity index (χ0) is 20.6. The van der Waals surface area contributed by atoms with Crippen molar-refractivity contribution in [2.75, 3.05) is 11.9 Å². The van der Waals surface area contributed by atoms with E-state index in [1.165, 1.54) is 18.2 Å². The lowest BCUT2D eigenvalue weighted by Crippen LogP contribution is -2.39. The van der Waals surface area contributed by atoms with E-state index < -0.39 is 22.0 Å². The highest BCUT2D eigenvalue weighted by atomic mass is 35.5. The third-order valence-corrected chi connectivity index (χ3v) is 6.93. The number of benzene rings is 3. The summed E-state index contributed by atoms with van der Waals surface area (Å²) in [5, 5.41) is 3.68. The third kappa shape index (κ3) is 3.73. The van der Waals surface area contributed by atoms with Crippen molar-refractivity contribution in [2.45, 2.75) is 17.9 Å². The highest BCUT2D eigenvalue weighted by molar-refractivity contribution is 7.89. The molecular weight excluding hydrogens is 408 g/mol. The van der Waals surface area contributed by atoms with Gasteiger partial charge in [0.15, 0.2) is 0 Å². The first-order valence-electron chi connectivity index (χ1n) is 9.11. The largest absolute Gasteiger partial charge is 0.376 e. The predicted octanol–water partition coefficient (Wildman–Crippen LogP) is 4.65. The number of amides is 1. The van der Waals surface area contributed by atoms with E-state index in [9.17, 15) is 13.2 Å². The Kier molecular flexibility index (Phi) is 5.06. The summed E-state index contributed by atoms with van der Waals surface area (Å²) in [6.45, 7) is 1.84. The van der Waals surface area contributed by atoms with Crippen LogP contribution in [-0.4, -0.2) is 25.2 Å². The molecule has 0 saturated heterocycles. The molecule has 5 nitrogen and oxygen atoms in total. The molecular formula is C22H19ClN2O3S. The van der Waals surface area contributed by atoms with Gasteiger partial charge < -0.3 is 5.32 Å². The minimum atomic E-state index is -4.05. The topological polar surface area (TPSA) is 66.5 Å². The van der Waals surface area contributed by atoms with E-state index >= 15 is 0 Å². The summed E-state index contributed by atoms with van der Waals surface area (Å²) in [4.78, 5) is 13.4. The number of fused-ring (bicyclic) bond motifs is 1. The fourth-order valence-electron chi connectivity index (χ4n) is 3.35. The van der Waals surface area contributed by atoms with E-state index in [1.807, 2.05) is 37.3 Å². The zero-order valence-electron chi connectivity index (χ0n) is 15.7. The third-order valence-electron chi connectivity index (χ3n) is 4.93. The molecule has 0 fully saturated rings. The van der Waals surface area contributed by atoms with Crippen LogP contribution < -0.4 is 5.32 Å². The van der Waals surface area contributed by atoms with Gasteiger partial charge in [-0.25, -0.2) is 12.7 Å². The van der Waals surface area contributed by atoms with E-state index in [0.29, 0.717) is 10.7 Å². The summed E-state index contributed by atoms with van der Waals surface area (Å²) in [6.07, 6.45) is 0. The van der Waals surface area contributed by atoms with Crippen LogP contribution in [0.5, 0.6) is 0 Å².